The first kappa shape index (κ1) is 16.1. The Morgan fingerprint density at radius 2 is 2.25 bits per heavy atom. The molecule has 0 aliphatic carbocycles. The van der Waals surface area contributed by atoms with Gasteiger partial charge in [0.1, 0.15) is 12.7 Å². The molecule has 0 unspecified atom stereocenters. The average Bonchev–Trinajstić information content (AvgIpc) is 2.92. The number of benzene rings is 1. The molecule has 3 N–H and O–H groups in total. The van der Waals surface area contributed by atoms with Crippen LogP contribution in [0.15, 0.2) is 30.9 Å². The van der Waals surface area contributed by atoms with Crippen LogP contribution in [0.2, 0.25) is 0 Å². The van der Waals surface area contributed by atoms with Crippen LogP contribution in [0.25, 0.3) is 5.69 Å². The molecule has 0 saturated carbocycles. The molecule has 1 aromatic heterocycles. The minimum absolute atomic E-state index is 0. The quantitative estimate of drug-likeness (QED) is 0.883. The normalized spacial score (nSPS) is 11.6. The molecule has 6 nitrogen and oxygen atoms in total. The Morgan fingerprint density at radius 1 is 1.50 bits per heavy atom. The Bertz CT molecular complexity index is 570. The number of nitrogens with zero attached hydrogens (tertiary/aromatic N) is 3. The first-order valence-electron chi connectivity index (χ1n) is 6.08. The maximum atomic E-state index is 12.0. The Hall–Kier alpha value is -1.92. The van der Waals surface area contributed by atoms with Gasteiger partial charge in [-0.05, 0) is 37.6 Å². The number of amides is 1. The van der Waals surface area contributed by atoms with Crippen LogP contribution in [-0.2, 0) is 0 Å². The minimum atomic E-state index is -0.111. The van der Waals surface area contributed by atoms with E-state index in [4.69, 9.17) is 5.73 Å². The Labute approximate surface area is 123 Å². The van der Waals surface area contributed by atoms with Gasteiger partial charge in [0.25, 0.3) is 5.91 Å². The third-order valence-corrected chi connectivity index (χ3v) is 2.87. The van der Waals surface area contributed by atoms with Gasteiger partial charge in [-0.15, -0.1) is 12.4 Å². The highest BCUT2D eigenvalue weighted by Crippen LogP contribution is 2.14. The molecule has 0 spiro atoms. The zero-order valence-electron chi connectivity index (χ0n) is 11.4. The lowest BCUT2D eigenvalue weighted by atomic mass is 10.1. The van der Waals surface area contributed by atoms with Crippen molar-refractivity contribution in [3.8, 4) is 5.69 Å². The highest BCUT2D eigenvalue weighted by Gasteiger charge is 2.12. The number of halogens is 1. The van der Waals surface area contributed by atoms with E-state index in [0.717, 1.165) is 11.3 Å². The summed E-state index contributed by atoms with van der Waals surface area (Å²) in [4.78, 5) is 15.9. The number of hydrogen-bond donors (Lipinski definition) is 2. The van der Waals surface area contributed by atoms with Gasteiger partial charge >= 0.3 is 0 Å². The molecule has 20 heavy (non-hydrogen) atoms. The second-order valence-electron chi connectivity index (χ2n) is 4.45. The summed E-state index contributed by atoms with van der Waals surface area (Å²) in [6.07, 6.45) is 3.09. The lowest BCUT2D eigenvalue weighted by Gasteiger charge is -2.13. The van der Waals surface area contributed by atoms with Crippen molar-refractivity contribution in [1.82, 2.24) is 20.1 Å². The molecule has 1 heterocycles. The lowest BCUT2D eigenvalue weighted by molar-refractivity contribution is 0.0940. The summed E-state index contributed by atoms with van der Waals surface area (Å²) in [5.41, 5.74) is 7.89. The summed E-state index contributed by atoms with van der Waals surface area (Å²) < 4.78 is 1.65. The highest BCUT2D eigenvalue weighted by atomic mass is 35.5. The monoisotopic (exact) mass is 295 g/mol. The SMILES string of the molecule is Cc1cc(-n2cncn2)ccc1C(=O)N[C@@H](C)CN.Cl. The maximum Gasteiger partial charge on any atom is 0.251 e. The highest BCUT2D eigenvalue weighted by molar-refractivity contribution is 5.96. The van der Waals surface area contributed by atoms with E-state index in [0.29, 0.717) is 12.1 Å². The average molecular weight is 296 g/mol. The van der Waals surface area contributed by atoms with Crippen LogP contribution in [0.3, 0.4) is 0 Å². The summed E-state index contributed by atoms with van der Waals surface area (Å²) in [7, 11) is 0. The summed E-state index contributed by atoms with van der Waals surface area (Å²) in [5.74, 6) is -0.111. The number of nitrogens with two attached hydrogens (primary N) is 1. The van der Waals surface area contributed by atoms with Crippen molar-refractivity contribution in [2.75, 3.05) is 6.54 Å². The van der Waals surface area contributed by atoms with Crippen LogP contribution in [-0.4, -0.2) is 33.3 Å². The van der Waals surface area contributed by atoms with Gasteiger partial charge in [-0.25, -0.2) is 9.67 Å². The summed E-state index contributed by atoms with van der Waals surface area (Å²) >= 11 is 0. The van der Waals surface area contributed by atoms with Gasteiger partial charge in [0.15, 0.2) is 0 Å². The standard InChI is InChI=1S/C13H17N5O.ClH/c1-9-5-11(18-8-15-7-16-18)3-4-12(9)13(19)17-10(2)6-14;/h3-5,7-8,10H,6,14H2,1-2H3,(H,17,19);1H/t10-;/m0./s1. The Kier molecular flexibility index (Phi) is 5.66. The third-order valence-electron chi connectivity index (χ3n) is 2.87. The van der Waals surface area contributed by atoms with Crippen molar-refractivity contribution in [3.05, 3.63) is 42.0 Å². The number of rotatable bonds is 4. The van der Waals surface area contributed by atoms with Gasteiger partial charge < -0.3 is 11.1 Å². The van der Waals surface area contributed by atoms with E-state index in [1.165, 1.54) is 6.33 Å². The van der Waals surface area contributed by atoms with E-state index in [9.17, 15) is 4.79 Å². The molecule has 108 valence electrons. The second-order valence-corrected chi connectivity index (χ2v) is 4.45. The molecule has 0 aliphatic rings. The van der Waals surface area contributed by atoms with E-state index >= 15 is 0 Å². The molecule has 2 rings (SSSR count). The Balaban J connectivity index is 0.00000200. The number of carbonyl (C=O) groups excluding carboxylic acids is 1. The van der Waals surface area contributed by atoms with Crippen LogP contribution in [0.1, 0.15) is 22.8 Å². The molecular weight excluding hydrogens is 278 g/mol. The van der Waals surface area contributed by atoms with Crippen molar-refractivity contribution in [2.45, 2.75) is 19.9 Å². The largest absolute Gasteiger partial charge is 0.348 e. The number of hydrogen-bond acceptors (Lipinski definition) is 4. The predicted molar refractivity (Wildman–Crippen MR) is 79.3 cm³/mol. The zero-order chi connectivity index (χ0) is 13.8. The predicted octanol–water partition coefficient (Wildman–Crippen LogP) is 1.07. The fraction of sp³-hybridized carbons (Fsp3) is 0.308. The van der Waals surface area contributed by atoms with Crippen molar-refractivity contribution < 1.29 is 4.79 Å². The molecule has 2 aromatic rings. The van der Waals surface area contributed by atoms with Crippen LogP contribution in [0, 0.1) is 6.92 Å². The number of nitrogens with one attached hydrogen (secondary N) is 1. The van der Waals surface area contributed by atoms with Gasteiger partial charge in [-0.2, -0.15) is 5.10 Å². The zero-order valence-corrected chi connectivity index (χ0v) is 12.2. The molecule has 1 aromatic carbocycles. The molecule has 7 heteroatoms. The van der Waals surface area contributed by atoms with E-state index in [1.54, 1.807) is 17.1 Å². The Morgan fingerprint density at radius 3 is 2.80 bits per heavy atom. The fourth-order valence-electron chi connectivity index (χ4n) is 1.75. The first-order valence-corrected chi connectivity index (χ1v) is 6.08. The van der Waals surface area contributed by atoms with Crippen molar-refractivity contribution in [1.29, 1.82) is 0 Å². The van der Waals surface area contributed by atoms with E-state index in [-0.39, 0.29) is 24.4 Å². The summed E-state index contributed by atoms with van der Waals surface area (Å²) in [6, 6.07) is 5.48. The van der Waals surface area contributed by atoms with Crippen molar-refractivity contribution in [2.24, 2.45) is 5.73 Å². The molecule has 0 aliphatic heterocycles. The number of aromatic nitrogens is 3. The van der Waals surface area contributed by atoms with Gasteiger partial charge in [-0.3, -0.25) is 4.79 Å². The van der Waals surface area contributed by atoms with Crippen LogP contribution < -0.4 is 11.1 Å². The first-order chi connectivity index (χ1) is 9.11. The molecule has 1 atom stereocenters. The molecule has 0 radical (unpaired) electrons. The van der Waals surface area contributed by atoms with Crippen LogP contribution in [0.5, 0.6) is 0 Å². The van der Waals surface area contributed by atoms with E-state index in [1.807, 2.05) is 26.0 Å². The molecule has 0 bridgehead atoms. The van der Waals surface area contributed by atoms with Gasteiger partial charge in [0.2, 0.25) is 0 Å². The second kappa shape index (κ2) is 7.02. The molecular formula is C13H18ClN5O. The van der Waals surface area contributed by atoms with Crippen molar-refractivity contribution >= 4 is 18.3 Å². The van der Waals surface area contributed by atoms with Gasteiger partial charge in [0.05, 0.1) is 5.69 Å². The van der Waals surface area contributed by atoms with Crippen LogP contribution >= 0.6 is 12.4 Å². The molecule has 0 saturated heterocycles. The smallest absolute Gasteiger partial charge is 0.251 e. The molecule has 1 amide bonds. The van der Waals surface area contributed by atoms with Gasteiger partial charge in [0, 0.05) is 18.2 Å². The third kappa shape index (κ3) is 3.55. The summed E-state index contributed by atoms with van der Waals surface area (Å²) in [5, 5.41) is 6.89. The topological polar surface area (TPSA) is 85.8 Å². The number of aryl methyl sites for hydroxylation is 1. The van der Waals surface area contributed by atoms with E-state index < -0.39 is 0 Å². The van der Waals surface area contributed by atoms with Gasteiger partial charge in [-0.1, -0.05) is 0 Å². The lowest BCUT2D eigenvalue weighted by Crippen LogP contribution is -2.38. The molecule has 0 fully saturated rings. The van der Waals surface area contributed by atoms with Crippen LogP contribution in [0.4, 0.5) is 0 Å². The minimum Gasteiger partial charge on any atom is -0.348 e. The fourth-order valence-corrected chi connectivity index (χ4v) is 1.75. The van der Waals surface area contributed by atoms with E-state index in [2.05, 4.69) is 15.4 Å². The summed E-state index contributed by atoms with van der Waals surface area (Å²) in [6.45, 7) is 4.18. The van der Waals surface area contributed by atoms with Crippen molar-refractivity contribution in [3.63, 3.8) is 0 Å². The maximum absolute atomic E-state index is 12.0. The number of carbonyl (C=O) groups is 1.